The normalized spacial score (nSPS) is 12.0. The van der Waals surface area contributed by atoms with Gasteiger partial charge in [0.25, 0.3) is 0 Å². The molecule has 3 N–H and O–H groups in total. The number of anilines is 1. The lowest BCUT2D eigenvalue weighted by Gasteiger charge is -2.11. The molecule has 4 nitrogen and oxygen atoms in total. The molecule has 18 heavy (non-hydrogen) atoms. The van der Waals surface area contributed by atoms with Gasteiger partial charge < -0.3 is 15.8 Å². The molecule has 1 aromatic rings. The molecule has 0 aliphatic rings. The first kappa shape index (κ1) is 14.8. The van der Waals surface area contributed by atoms with Crippen LogP contribution in [-0.2, 0) is 4.79 Å². The first-order valence-electron chi connectivity index (χ1n) is 6.04. The molecule has 0 radical (unpaired) electrons. The van der Waals surface area contributed by atoms with Crippen LogP contribution in [0.2, 0.25) is 5.02 Å². The number of hydrogen-bond acceptors (Lipinski definition) is 3. The molecule has 5 heteroatoms. The van der Waals surface area contributed by atoms with Crippen molar-refractivity contribution < 1.29 is 9.53 Å². The lowest BCUT2D eigenvalue weighted by Crippen LogP contribution is -2.26. The fourth-order valence-electron chi connectivity index (χ4n) is 1.45. The standard InChI is InChI=1S/C13H19ClN2O2/c1-3-9(15)7-13(17)16-10-5-6-12(18-4-2)11(14)8-10/h5-6,8-9H,3-4,7,15H2,1-2H3,(H,16,17). The molecule has 0 saturated heterocycles. The third-order valence-corrected chi connectivity index (χ3v) is 2.78. The summed E-state index contributed by atoms with van der Waals surface area (Å²) in [5.41, 5.74) is 6.36. The smallest absolute Gasteiger partial charge is 0.225 e. The number of rotatable bonds is 6. The van der Waals surface area contributed by atoms with Gasteiger partial charge in [0.05, 0.1) is 11.6 Å². The van der Waals surface area contributed by atoms with Crippen LogP contribution in [0.1, 0.15) is 26.7 Å². The van der Waals surface area contributed by atoms with Crippen molar-refractivity contribution >= 4 is 23.2 Å². The van der Waals surface area contributed by atoms with Crippen LogP contribution in [0.15, 0.2) is 18.2 Å². The van der Waals surface area contributed by atoms with E-state index in [1.807, 2.05) is 13.8 Å². The van der Waals surface area contributed by atoms with E-state index in [0.29, 0.717) is 29.5 Å². The first-order valence-corrected chi connectivity index (χ1v) is 6.42. The third-order valence-electron chi connectivity index (χ3n) is 2.49. The Hall–Kier alpha value is -1.26. The van der Waals surface area contributed by atoms with Gasteiger partial charge in [0, 0.05) is 18.2 Å². The average Bonchev–Trinajstić information content (AvgIpc) is 2.32. The van der Waals surface area contributed by atoms with Crippen LogP contribution < -0.4 is 15.8 Å². The Labute approximate surface area is 112 Å². The first-order chi connectivity index (χ1) is 8.56. The van der Waals surface area contributed by atoms with Crippen LogP contribution in [0.25, 0.3) is 0 Å². The summed E-state index contributed by atoms with van der Waals surface area (Å²) in [6, 6.07) is 5.05. The van der Waals surface area contributed by atoms with Crippen molar-refractivity contribution in [2.24, 2.45) is 5.73 Å². The average molecular weight is 271 g/mol. The molecule has 0 spiro atoms. The molecule has 0 aliphatic carbocycles. The van der Waals surface area contributed by atoms with Crippen LogP contribution in [0.4, 0.5) is 5.69 Å². The van der Waals surface area contributed by atoms with Crippen LogP contribution in [0.5, 0.6) is 5.75 Å². The maximum Gasteiger partial charge on any atom is 0.225 e. The minimum atomic E-state index is -0.108. The van der Waals surface area contributed by atoms with Crippen LogP contribution in [0, 0.1) is 0 Å². The molecule has 0 aliphatic heterocycles. The largest absolute Gasteiger partial charge is 0.492 e. The van der Waals surface area contributed by atoms with Crippen molar-refractivity contribution in [2.75, 3.05) is 11.9 Å². The zero-order valence-corrected chi connectivity index (χ0v) is 11.5. The number of ether oxygens (including phenoxy) is 1. The van der Waals surface area contributed by atoms with E-state index in [2.05, 4.69) is 5.32 Å². The monoisotopic (exact) mass is 270 g/mol. The highest BCUT2D eigenvalue weighted by molar-refractivity contribution is 6.32. The van der Waals surface area contributed by atoms with Crippen molar-refractivity contribution in [2.45, 2.75) is 32.7 Å². The zero-order chi connectivity index (χ0) is 13.5. The van der Waals surface area contributed by atoms with Gasteiger partial charge in [-0.05, 0) is 31.5 Å². The molecule has 1 amide bonds. The fraction of sp³-hybridized carbons (Fsp3) is 0.462. The van der Waals surface area contributed by atoms with Crippen LogP contribution in [-0.4, -0.2) is 18.6 Å². The molecule has 100 valence electrons. The van der Waals surface area contributed by atoms with Gasteiger partial charge >= 0.3 is 0 Å². The second-order valence-corrected chi connectivity index (χ2v) is 4.41. The number of nitrogens with two attached hydrogens (primary N) is 1. The predicted molar refractivity (Wildman–Crippen MR) is 74.1 cm³/mol. The molecule has 1 rings (SSSR count). The van der Waals surface area contributed by atoms with E-state index in [0.717, 1.165) is 6.42 Å². The maximum absolute atomic E-state index is 11.6. The molecular formula is C13H19ClN2O2. The molecule has 1 atom stereocenters. The van der Waals surface area contributed by atoms with Gasteiger partial charge in [-0.1, -0.05) is 18.5 Å². The molecule has 1 unspecified atom stereocenters. The van der Waals surface area contributed by atoms with E-state index in [9.17, 15) is 4.79 Å². The highest BCUT2D eigenvalue weighted by atomic mass is 35.5. The number of halogens is 1. The summed E-state index contributed by atoms with van der Waals surface area (Å²) in [7, 11) is 0. The van der Waals surface area contributed by atoms with Gasteiger partial charge in [-0.25, -0.2) is 0 Å². The van der Waals surface area contributed by atoms with Gasteiger partial charge in [0.2, 0.25) is 5.91 Å². The second-order valence-electron chi connectivity index (χ2n) is 4.00. The highest BCUT2D eigenvalue weighted by Gasteiger charge is 2.09. The fourth-order valence-corrected chi connectivity index (χ4v) is 1.68. The van der Waals surface area contributed by atoms with Gasteiger partial charge in [0.15, 0.2) is 0 Å². The minimum Gasteiger partial charge on any atom is -0.492 e. The second kappa shape index (κ2) is 7.24. The highest BCUT2D eigenvalue weighted by Crippen LogP contribution is 2.27. The Bertz CT molecular complexity index is 410. The Morgan fingerprint density at radius 1 is 1.50 bits per heavy atom. The molecule has 0 heterocycles. The number of hydrogen-bond donors (Lipinski definition) is 2. The lowest BCUT2D eigenvalue weighted by atomic mass is 10.1. The summed E-state index contributed by atoms with van der Waals surface area (Å²) in [5, 5.41) is 3.24. The summed E-state index contributed by atoms with van der Waals surface area (Å²) >= 11 is 6.02. The van der Waals surface area contributed by atoms with Gasteiger partial charge in [-0.15, -0.1) is 0 Å². The van der Waals surface area contributed by atoms with Crippen LogP contribution in [0.3, 0.4) is 0 Å². The van der Waals surface area contributed by atoms with Crippen molar-refractivity contribution in [3.05, 3.63) is 23.2 Å². The van der Waals surface area contributed by atoms with Crippen LogP contribution >= 0.6 is 11.6 Å². The van der Waals surface area contributed by atoms with Gasteiger partial charge in [0.1, 0.15) is 5.75 Å². The predicted octanol–water partition coefficient (Wildman–Crippen LogP) is 2.80. The zero-order valence-electron chi connectivity index (χ0n) is 10.7. The summed E-state index contributed by atoms with van der Waals surface area (Å²) in [4.78, 5) is 11.6. The van der Waals surface area contributed by atoms with E-state index >= 15 is 0 Å². The molecule has 1 aromatic carbocycles. The van der Waals surface area contributed by atoms with Crippen molar-refractivity contribution in [3.8, 4) is 5.75 Å². The van der Waals surface area contributed by atoms with E-state index in [-0.39, 0.29) is 11.9 Å². The summed E-state index contributed by atoms with van der Waals surface area (Å²) in [6.45, 7) is 4.39. The topological polar surface area (TPSA) is 64.3 Å². The molecule has 0 saturated carbocycles. The Balaban J connectivity index is 2.63. The summed E-state index contributed by atoms with van der Waals surface area (Å²) in [5.74, 6) is 0.506. The number of carbonyl (C=O) groups is 1. The number of carbonyl (C=O) groups excluding carboxylic acids is 1. The SMILES string of the molecule is CCOc1ccc(NC(=O)CC(N)CC)cc1Cl. The summed E-state index contributed by atoms with van der Waals surface area (Å²) in [6.07, 6.45) is 1.08. The lowest BCUT2D eigenvalue weighted by molar-refractivity contribution is -0.116. The Morgan fingerprint density at radius 2 is 2.22 bits per heavy atom. The molecule has 0 bridgehead atoms. The van der Waals surface area contributed by atoms with E-state index in [4.69, 9.17) is 22.1 Å². The van der Waals surface area contributed by atoms with Crippen molar-refractivity contribution in [3.63, 3.8) is 0 Å². The van der Waals surface area contributed by atoms with Gasteiger partial charge in [-0.2, -0.15) is 0 Å². The Morgan fingerprint density at radius 3 is 2.78 bits per heavy atom. The number of amides is 1. The maximum atomic E-state index is 11.6. The number of nitrogens with one attached hydrogen (secondary N) is 1. The van der Waals surface area contributed by atoms with Crippen molar-refractivity contribution in [1.29, 1.82) is 0 Å². The Kier molecular flexibility index (Phi) is 5.95. The summed E-state index contributed by atoms with van der Waals surface area (Å²) < 4.78 is 5.31. The van der Waals surface area contributed by atoms with E-state index < -0.39 is 0 Å². The number of benzene rings is 1. The third kappa shape index (κ3) is 4.55. The van der Waals surface area contributed by atoms with E-state index in [1.54, 1.807) is 18.2 Å². The molecular weight excluding hydrogens is 252 g/mol. The minimum absolute atomic E-state index is 0.107. The van der Waals surface area contributed by atoms with Crippen molar-refractivity contribution in [1.82, 2.24) is 0 Å². The van der Waals surface area contributed by atoms with Gasteiger partial charge in [-0.3, -0.25) is 4.79 Å². The quantitative estimate of drug-likeness (QED) is 0.835. The van der Waals surface area contributed by atoms with E-state index in [1.165, 1.54) is 0 Å². The molecule has 0 aromatic heterocycles. The molecule has 0 fully saturated rings.